The van der Waals surface area contributed by atoms with Gasteiger partial charge in [-0.1, -0.05) is 19.3 Å². The minimum absolute atomic E-state index is 0.0845. The Kier molecular flexibility index (Phi) is 4.87. The Morgan fingerprint density at radius 3 is 2.48 bits per heavy atom. The van der Waals surface area contributed by atoms with Gasteiger partial charge in [-0.15, -0.1) is 0 Å². The number of nitrogens with zero attached hydrogens (tertiary/aromatic N) is 2. The first-order valence-electron chi connectivity index (χ1n) is 6.92. The topological polar surface area (TPSA) is 98.5 Å². The second kappa shape index (κ2) is 6.38. The number of carboxylic acids is 1. The van der Waals surface area contributed by atoms with Crippen molar-refractivity contribution in [3.8, 4) is 5.88 Å². The van der Waals surface area contributed by atoms with Gasteiger partial charge in [-0.3, -0.25) is 0 Å². The van der Waals surface area contributed by atoms with Crippen molar-refractivity contribution < 1.29 is 35.7 Å². The lowest BCUT2D eigenvalue weighted by Gasteiger charge is -2.22. The summed E-state index contributed by atoms with van der Waals surface area (Å²) in [5, 5.41) is 12.5. The highest BCUT2D eigenvalue weighted by Gasteiger charge is 2.49. The van der Waals surface area contributed by atoms with Gasteiger partial charge < -0.3 is 9.29 Å². The van der Waals surface area contributed by atoms with Crippen molar-refractivity contribution in [3.63, 3.8) is 0 Å². The zero-order valence-corrected chi connectivity index (χ0v) is 12.7. The summed E-state index contributed by atoms with van der Waals surface area (Å²) in [7, 11) is -5.88. The second-order valence-electron chi connectivity index (χ2n) is 5.34. The Morgan fingerprint density at radius 1 is 1.35 bits per heavy atom. The molecule has 0 radical (unpaired) electrons. The van der Waals surface area contributed by atoms with Crippen molar-refractivity contribution in [2.75, 3.05) is 0 Å². The highest BCUT2D eigenvalue weighted by atomic mass is 32.2. The summed E-state index contributed by atoms with van der Waals surface area (Å²) in [6, 6.07) is 0.675. The first kappa shape index (κ1) is 17.6. The van der Waals surface area contributed by atoms with Crippen molar-refractivity contribution >= 4 is 16.1 Å². The van der Waals surface area contributed by atoms with E-state index in [0.717, 1.165) is 36.8 Å². The molecule has 1 saturated carbocycles. The highest BCUT2D eigenvalue weighted by molar-refractivity contribution is 7.87. The van der Waals surface area contributed by atoms with Crippen LogP contribution < -0.4 is 4.18 Å². The number of aromatic nitrogens is 2. The van der Waals surface area contributed by atoms with Gasteiger partial charge in [0.15, 0.2) is 5.69 Å². The molecule has 0 aliphatic heterocycles. The fourth-order valence-electron chi connectivity index (χ4n) is 2.48. The summed E-state index contributed by atoms with van der Waals surface area (Å²) in [5.41, 5.74) is -6.18. The smallest absolute Gasteiger partial charge is 0.476 e. The predicted octanol–water partition coefficient (Wildman–Crippen LogP) is 2.39. The number of hydrogen-bond acceptors (Lipinski definition) is 5. The quantitative estimate of drug-likeness (QED) is 0.642. The van der Waals surface area contributed by atoms with Crippen LogP contribution in [0.3, 0.4) is 0 Å². The number of aromatic carboxylic acids is 1. The van der Waals surface area contributed by atoms with E-state index in [1.807, 2.05) is 0 Å². The van der Waals surface area contributed by atoms with Crippen molar-refractivity contribution in [3.05, 3.63) is 11.8 Å². The maximum Gasteiger partial charge on any atom is 0.534 e. The molecule has 0 unspecified atom stereocenters. The number of halogens is 3. The van der Waals surface area contributed by atoms with Crippen LogP contribution in [0.4, 0.5) is 13.2 Å². The minimum atomic E-state index is -5.88. The third kappa shape index (κ3) is 4.15. The highest BCUT2D eigenvalue weighted by Crippen LogP contribution is 2.30. The lowest BCUT2D eigenvalue weighted by molar-refractivity contribution is -0.0502. The Hall–Kier alpha value is -1.78. The van der Waals surface area contributed by atoms with Gasteiger partial charge in [0.05, 0.1) is 0 Å². The normalized spacial score (nSPS) is 17.2. The van der Waals surface area contributed by atoms with Crippen LogP contribution in [0.25, 0.3) is 0 Å². The summed E-state index contributed by atoms with van der Waals surface area (Å²) >= 11 is 0. The number of rotatable bonds is 5. The molecule has 1 aromatic rings. The molecular formula is C12H15F3N2O5S. The van der Waals surface area contributed by atoms with Crippen LogP contribution in [-0.2, 0) is 16.7 Å². The number of alkyl halides is 3. The van der Waals surface area contributed by atoms with Gasteiger partial charge in [-0.05, 0) is 18.8 Å². The van der Waals surface area contributed by atoms with E-state index in [1.54, 1.807) is 0 Å². The second-order valence-corrected chi connectivity index (χ2v) is 6.88. The van der Waals surface area contributed by atoms with Crippen molar-refractivity contribution in [1.82, 2.24) is 9.78 Å². The van der Waals surface area contributed by atoms with Crippen molar-refractivity contribution in [1.29, 1.82) is 0 Å². The molecule has 0 spiro atoms. The molecule has 1 N–H and O–H groups in total. The maximum atomic E-state index is 12.4. The summed E-state index contributed by atoms with van der Waals surface area (Å²) in [6.45, 7) is 0.107. The lowest BCUT2D eigenvalue weighted by atomic mass is 9.89. The predicted molar refractivity (Wildman–Crippen MR) is 71.4 cm³/mol. The SMILES string of the molecule is O=C(O)c1cc(OS(=O)(=O)C(F)(F)F)n(CC2CCCCC2)n1. The molecule has 1 heterocycles. The van der Waals surface area contributed by atoms with Crippen LogP contribution in [0, 0.1) is 5.92 Å². The fraction of sp³-hybridized carbons (Fsp3) is 0.667. The first-order chi connectivity index (χ1) is 10.6. The Balaban J connectivity index is 2.28. The van der Waals surface area contributed by atoms with Crippen LogP contribution in [0.15, 0.2) is 6.07 Å². The minimum Gasteiger partial charge on any atom is -0.476 e. The molecule has 1 fully saturated rings. The fourth-order valence-corrected chi connectivity index (χ4v) is 2.93. The average molecular weight is 356 g/mol. The van der Waals surface area contributed by atoms with Crippen LogP contribution in [0.1, 0.15) is 42.6 Å². The third-order valence-corrected chi connectivity index (χ3v) is 4.55. The number of hydrogen-bond donors (Lipinski definition) is 1. The molecule has 0 saturated heterocycles. The molecule has 0 atom stereocenters. The van der Waals surface area contributed by atoms with Crippen LogP contribution in [0.2, 0.25) is 0 Å². The molecule has 0 bridgehead atoms. The average Bonchev–Trinajstić information content (AvgIpc) is 2.81. The summed E-state index contributed by atoms with van der Waals surface area (Å²) in [4.78, 5) is 10.9. The standard InChI is InChI=1S/C12H15F3N2O5S/c13-12(14,15)23(20,21)22-10-6-9(11(18)19)16-17(10)7-8-4-2-1-3-5-8/h6,8H,1-5,7H2,(H,18,19). The van der Waals surface area contributed by atoms with Crippen molar-refractivity contribution in [2.45, 2.75) is 44.2 Å². The molecule has 2 rings (SSSR count). The van der Waals surface area contributed by atoms with E-state index in [9.17, 15) is 26.4 Å². The number of carbonyl (C=O) groups is 1. The molecule has 11 heteroatoms. The first-order valence-corrected chi connectivity index (χ1v) is 8.33. The molecular weight excluding hydrogens is 341 g/mol. The van der Waals surface area contributed by atoms with Gasteiger partial charge in [0, 0.05) is 12.6 Å². The molecule has 1 aliphatic carbocycles. The zero-order valence-electron chi connectivity index (χ0n) is 11.9. The van der Waals surface area contributed by atoms with E-state index >= 15 is 0 Å². The Labute approximate surface area is 130 Å². The maximum absolute atomic E-state index is 12.4. The molecule has 130 valence electrons. The summed E-state index contributed by atoms with van der Waals surface area (Å²) < 4.78 is 64.4. The monoisotopic (exact) mass is 356 g/mol. The summed E-state index contributed by atoms with van der Waals surface area (Å²) in [6.07, 6.45) is 4.59. The van der Waals surface area contributed by atoms with Crippen LogP contribution in [-0.4, -0.2) is 34.8 Å². The molecule has 1 aromatic heterocycles. The van der Waals surface area contributed by atoms with Gasteiger partial charge in [-0.25, -0.2) is 9.48 Å². The van der Waals surface area contributed by atoms with E-state index < -0.39 is 33.2 Å². The van der Waals surface area contributed by atoms with Gasteiger partial charge in [0.1, 0.15) is 0 Å². The third-order valence-electron chi connectivity index (χ3n) is 3.60. The molecule has 0 aromatic carbocycles. The van der Waals surface area contributed by atoms with Gasteiger partial charge in [-0.2, -0.15) is 26.7 Å². The van der Waals surface area contributed by atoms with Gasteiger partial charge in [0.2, 0.25) is 5.88 Å². The van der Waals surface area contributed by atoms with Gasteiger partial charge in [0.25, 0.3) is 0 Å². The Bertz CT molecular complexity index is 677. The van der Waals surface area contributed by atoms with E-state index in [-0.39, 0.29) is 12.5 Å². The van der Waals surface area contributed by atoms with Crippen molar-refractivity contribution in [2.24, 2.45) is 5.92 Å². The van der Waals surface area contributed by atoms with E-state index in [0.29, 0.717) is 6.07 Å². The Morgan fingerprint density at radius 2 is 1.96 bits per heavy atom. The van der Waals surface area contributed by atoms with Gasteiger partial charge >= 0.3 is 21.6 Å². The largest absolute Gasteiger partial charge is 0.534 e. The molecule has 7 nitrogen and oxygen atoms in total. The van der Waals surface area contributed by atoms with E-state index in [4.69, 9.17) is 5.11 Å². The van der Waals surface area contributed by atoms with E-state index in [1.165, 1.54) is 0 Å². The lowest BCUT2D eigenvalue weighted by Crippen LogP contribution is -2.29. The number of carboxylic acid groups (broad SMARTS) is 1. The molecule has 0 amide bonds. The zero-order chi connectivity index (χ0) is 17.3. The summed E-state index contributed by atoms with van der Waals surface area (Å²) in [5.74, 6) is -2.15. The van der Waals surface area contributed by atoms with Crippen LogP contribution in [0.5, 0.6) is 5.88 Å². The molecule has 1 aliphatic rings. The van der Waals surface area contributed by atoms with E-state index in [2.05, 4.69) is 9.28 Å². The molecule has 23 heavy (non-hydrogen) atoms. The van der Waals surface area contributed by atoms with Crippen LogP contribution >= 0.6 is 0 Å².